The number of methoxy groups -OCH3 is 1. The van der Waals surface area contributed by atoms with Crippen molar-refractivity contribution in [3.63, 3.8) is 0 Å². The Morgan fingerprint density at radius 2 is 2.00 bits per heavy atom. The van der Waals surface area contributed by atoms with Crippen molar-refractivity contribution >= 4 is 17.8 Å². The topological polar surface area (TPSA) is 75.7 Å². The number of hydrogen-bond acceptors (Lipinski definition) is 4. The number of amides is 2. The van der Waals surface area contributed by atoms with Crippen LogP contribution in [0.2, 0.25) is 0 Å². The number of carbonyl (C=O) groups excluding carboxylic acids is 3. The van der Waals surface area contributed by atoms with E-state index in [4.69, 9.17) is 0 Å². The zero-order valence-electron chi connectivity index (χ0n) is 12.8. The fourth-order valence-electron chi connectivity index (χ4n) is 1.59. The second kappa shape index (κ2) is 10.7. The first-order valence-corrected chi connectivity index (χ1v) is 6.87. The third-order valence-electron chi connectivity index (χ3n) is 2.82. The van der Waals surface area contributed by atoms with E-state index in [1.165, 1.54) is 7.11 Å². The third kappa shape index (κ3) is 7.91. The van der Waals surface area contributed by atoms with E-state index < -0.39 is 11.9 Å². The van der Waals surface area contributed by atoms with Crippen molar-refractivity contribution in [2.75, 3.05) is 26.7 Å². The van der Waals surface area contributed by atoms with Crippen LogP contribution in [0, 0.1) is 0 Å². The quantitative estimate of drug-likeness (QED) is 0.283. The molecule has 0 aliphatic heterocycles. The predicted molar refractivity (Wildman–Crippen MR) is 80.5 cm³/mol. The molecule has 0 bridgehead atoms. The summed E-state index contributed by atoms with van der Waals surface area (Å²) in [7, 11) is 1.24. The third-order valence-corrected chi connectivity index (χ3v) is 2.82. The van der Waals surface area contributed by atoms with Gasteiger partial charge in [-0.2, -0.15) is 0 Å². The maximum Gasteiger partial charge on any atom is 0.325 e. The lowest BCUT2D eigenvalue weighted by Crippen LogP contribution is -2.38. The van der Waals surface area contributed by atoms with Crippen molar-refractivity contribution in [3.05, 3.63) is 24.8 Å². The van der Waals surface area contributed by atoms with Gasteiger partial charge in [0.2, 0.25) is 11.8 Å². The molecule has 21 heavy (non-hydrogen) atoms. The number of hydrogen-bond donors (Lipinski definition) is 1. The standard InChI is InChI=1S/C15H24N2O4/c1-5-7-8-9-17(13(18)6-2)11-12(3)15(20)16-10-14(19)21-4/h5H,1,3,6-11H2,2,4H3,(H,16,20). The first kappa shape index (κ1) is 18.9. The van der Waals surface area contributed by atoms with Crippen LogP contribution in [0.1, 0.15) is 26.2 Å². The maximum absolute atomic E-state index is 11.8. The highest BCUT2D eigenvalue weighted by atomic mass is 16.5. The molecule has 0 aromatic rings. The van der Waals surface area contributed by atoms with Crippen LogP contribution < -0.4 is 5.32 Å². The van der Waals surface area contributed by atoms with Gasteiger partial charge in [0, 0.05) is 18.5 Å². The van der Waals surface area contributed by atoms with Crippen molar-refractivity contribution in [2.45, 2.75) is 26.2 Å². The van der Waals surface area contributed by atoms with Gasteiger partial charge in [-0.1, -0.05) is 19.6 Å². The molecule has 0 rings (SSSR count). The summed E-state index contributed by atoms with van der Waals surface area (Å²) in [5.74, 6) is -1.04. The predicted octanol–water partition coefficient (Wildman–Crippen LogP) is 1.04. The number of ether oxygens (including phenoxy) is 1. The number of unbranched alkanes of at least 4 members (excludes halogenated alkanes) is 1. The molecule has 6 nitrogen and oxygen atoms in total. The Kier molecular flexibility index (Phi) is 9.58. The van der Waals surface area contributed by atoms with Crippen molar-refractivity contribution in [1.82, 2.24) is 10.2 Å². The van der Waals surface area contributed by atoms with Gasteiger partial charge in [-0.3, -0.25) is 14.4 Å². The maximum atomic E-state index is 11.8. The molecule has 0 aromatic heterocycles. The van der Waals surface area contributed by atoms with Gasteiger partial charge < -0.3 is 15.0 Å². The second-order valence-electron chi connectivity index (χ2n) is 4.46. The minimum atomic E-state index is -0.538. The molecule has 0 radical (unpaired) electrons. The molecule has 2 amide bonds. The molecule has 0 fully saturated rings. The van der Waals surface area contributed by atoms with Crippen molar-refractivity contribution in [2.24, 2.45) is 0 Å². The van der Waals surface area contributed by atoms with Gasteiger partial charge in [-0.25, -0.2) is 0 Å². The van der Waals surface area contributed by atoms with Crippen LogP contribution in [0.4, 0.5) is 0 Å². The summed E-state index contributed by atoms with van der Waals surface area (Å²) < 4.78 is 4.43. The fraction of sp³-hybridized carbons (Fsp3) is 0.533. The zero-order valence-corrected chi connectivity index (χ0v) is 12.8. The van der Waals surface area contributed by atoms with Crippen LogP contribution >= 0.6 is 0 Å². The highest BCUT2D eigenvalue weighted by molar-refractivity contribution is 5.95. The molecule has 0 aromatic carbocycles. The monoisotopic (exact) mass is 296 g/mol. The lowest BCUT2D eigenvalue weighted by molar-refractivity contribution is -0.141. The first-order valence-electron chi connectivity index (χ1n) is 6.87. The SMILES string of the molecule is C=CCCCN(CC(=C)C(=O)NCC(=O)OC)C(=O)CC. The average Bonchev–Trinajstić information content (AvgIpc) is 2.50. The van der Waals surface area contributed by atoms with Crippen molar-refractivity contribution in [3.8, 4) is 0 Å². The molecule has 0 aliphatic rings. The molecule has 0 heterocycles. The molecule has 0 saturated carbocycles. The first-order chi connectivity index (χ1) is 9.96. The lowest BCUT2D eigenvalue weighted by Gasteiger charge is -2.22. The summed E-state index contributed by atoms with van der Waals surface area (Å²) in [6.07, 6.45) is 3.73. The normalized spacial score (nSPS) is 9.62. The molecule has 0 spiro atoms. The van der Waals surface area contributed by atoms with E-state index in [1.807, 2.05) is 0 Å². The van der Waals surface area contributed by atoms with E-state index >= 15 is 0 Å². The largest absolute Gasteiger partial charge is 0.468 e. The van der Waals surface area contributed by atoms with Gasteiger partial charge in [-0.05, 0) is 12.8 Å². The lowest BCUT2D eigenvalue weighted by atomic mass is 10.2. The van der Waals surface area contributed by atoms with E-state index in [9.17, 15) is 14.4 Å². The van der Waals surface area contributed by atoms with E-state index in [0.29, 0.717) is 13.0 Å². The molecule has 118 valence electrons. The summed E-state index contributed by atoms with van der Waals surface area (Å²) in [5, 5.41) is 2.40. The second-order valence-corrected chi connectivity index (χ2v) is 4.46. The minimum Gasteiger partial charge on any atom is -0.468 e. The summed E-state index contributed by atoms with van der Waals surface area (Å²) in [5.41, 5.74) is 0.235. The Hall–Kier alpha value is -2.11. The fourth-order valence-corrected chi connectivity index (χ4v) is 1.59. The molecule has 0 atom stereocenters. The molecular formula is C15H24N2O4. The molecule has 6 heteroatoms. The van der Waals surface area contributed by atoms with Crippen LogP contribution in [-0.4, -0.2) is 49.4 Å². The number of nitrogens with one attached hydrogen (secondary N) is 1. The minimum absolute atomic E-state index is 0.0408. The highest BCUT2D eigenvalue weighted by Gasteiger charge is 2.16. The number of carbonyl (C=O) groups is 3. The molecule has 0 saturated heterocycles. The Morgan fingerprint density at radius 1 is 1.33 bits per heavy atom. The van der Waals surface area contributed by atoms with Gasteiger partial charge in [0.25, 0.3) is 0 Å². The van der Waals surface area contributed by atoms with Gasteiger partial charge in [-0.15, -0.1) is 6.58 Å². The van der Waals surface area contributed by atoms with Crippen LogP contribution in [0.15, 0.2) is 24.8 Å². The number of rotatable bonds is 10. The molecular weight excluding hydrogens is 272 g/mol. The van der Waals surface area contributed by atoms with E-state index in [-0.39, 0.29) is 24.6 Å². The average molecular weight is 296 g/mol. The van der Waals surface area contributed by atoms with E-state index in [0.717, 1.165) is 12.8 Å². The Balaban J connectivity index is 4.43. The van der Waals surface area contributed by atoms with Crippen LogP contribution in [0.25, 0.3) is 0 Å². The Labute approximate surface area is 125 Å². The van der Waals surface area contributed by atoms with Crippen LogP contribution in [-0.2, 0) is 19.1 Å². The van der Waals surface area contributed by atoms with Crippen LogP contribution in [0.5, 0.6) is 0 Å². The summed E-state index contributed by atoms with van der Waals surface area (Å²) >= 11 is 0. The summed E-state index contributed by atoms with van der Waals surface area (Å²) in [4.78, 5) is 36.1. The van der Waals surface area contributed by atoms with Gasteiger partial charge in [0.05, 0.1) is 13.7 Å². The van der Waals surface area contributed by atoms with Crippen molar-refractivity contribution in [1.29, 1.82) is 0 Å². The number of allylic oxidation sites excluding steroid dienone is 1. The molecule has 1 N–H and O–H groups in total. The van der Waals surface area contributed by atoms with Gasteiger partial charge in [0.15, 0.2) is 0 Å². The molecule has 0 unspecified atom stereocenters. The number of nitrogens with zero attached hydrogens (tertiary/aromatic N) is 1. The summed E-state index contributed by atoms with van der Waals surface area (Å²) in [6.45, 7) is 9.54. The van der Waals surface area contributed by atoms with Crippen LogP contribution in [0.3, 0.4) is 0 Å². The highest BCUT2D eigenvalue weighted by Crippen LogP contribution is 2.04. The zero-order chi connectivity index (χ0) is 16.3. The van der Waals surface area contributed by atoms with Crippen molar-refractivity contribution < 1.29 is 19.1 Å². The number of esters is 1. The van der Waals surface area contributed by atoms with Gasteiger partial charge >= 0.3 is 5.97 Å². The Morgan fingerprint density at radius 3 is 2.52 bits per heavy atom. The smallest absolute Gasteiger partial charge is 0.325 e. The molecule has 0 aliphatic carbocycles. The van der Waals surface area contributed by atoms with Gasteiger partial charge in [0.1, 0.15) is 6.54 Å². The van der Waals surface area contributed by atoms with E-state index in [1.54, 1.807) is 17.9 Å². The summed E-state index contributed by atoms with van der Waals surface area (Å²) in [6, 6.07) is 0. The Bertz CT molecular complexity index is 404. The van der Waals surface area contributed by atoms with E-state index in [2.05, 4.69) is 23.2 Å².